The van der Waals surface area contributed by atoms with Gasteiger partial charge in [-0.05, 0) is 35.9 Å². The molecule has 0 aromatic heterocycles. The number of nitrogens with zero attached hydrogens (tertiary/aromatic N) is 1. The van der Waals surface area contributed by atoms with E-state index in [-0.39, 0.29) is 4.90 Å². The van der Waals surface area contributed by atoms with Gasteiger partial charge in [0.05, 0.1) is 18.2 Å². The minimum Gasteiger partial charge on any atom is -0.496 e. The average Bonchev–Trinajstić information content (AvgIpc) is 2.62. The summed E-state index contributed by atoms with van der Waals surface area (Å²) in [7, 11) is -2.14. The van der Waals surface area contributed by atoms with Crippen LogP contribution in [0, 0.1) is 6.92 Å². The van der Waals surface area contributed by atoms with Crippen molar-refractivity contribution >= 4 is 27.0 Å². The summed E-state index contributed by atoms with van der Waals surface area (Å²) in [6.07, 6.45) is 1.47. The van der Waals surface area contributed by atoms with Gasteiger partial charge in [-0.3, -0.25) is 0 Å². The van der Waals surface area contributed by atoms with Gasteiger partial charge in [-0.25, -0.2) is 4.83 Å². The molecule has 0 aliphatic rings. The fourth-order valence-corrected chi connectivity index (χ4v) is 3.31. The number of hydrogen-bond donors (Lipinski definition) is 1. The summed E-state index contributed by atoms with van der Waals surface area (Å²) in [5.41, 5.74) is 1.70. The smallest absolute Gasteiger partial charge is 0.276 e. The van der Waals surface area contributed by atoms with E-state index in [1.54, 1.807) is 31.4 Å². The van der Waals surface area contributed by atoms with Crippen LogP contribution >= 0.6 is 0 Å². The molecule has 0 saturated heterocycles. The number of sulfonamides is 1. The van der Waals surface area contributed by atoms with E-state index in [1.807, 2.05) is 43.3 Å². The number of benzene rings is 3. The Morgan fingerprint density at radius 2 is 1.72 bits per heavy atom. The van der Waals surface area contributed by atoms with E-state index in [0.717, 1.165) is 16.3 Å². The van der Waals surface area contributed by atoms with Crippen molar-refractivity contribution < 1.29 is 13.2 Å². The summed E-state index contributed by atoms with van der Waals surface area (Å²) in [4.78, 5) is 2.41. The first-order chi connectivity index (χ1) is 12.0. The molecule has 0 amide bonds. The SMILES string of the molecule is COc1ccc2ccccc2c1C=NNS(=O)(=O)c1ccc(C)cc1. The van der Waals surface area contributed by atoms with Gasteiger partial charge in [-0.15, -0.1) is 0 Å². The Balaban J connectivity index is 1.92. The van der Waals surface area contributed by atoms with Crippen molar-refractivity contribution in [2.45, 2.75) is 11.8 Å². The summed E-state index contributed by atoms with van der Waals surface area (Å²) < 4.78 is 30.0. The van der Waals surface area contributed by atoms with Gasteiger partial charge in [-0.1, -0.05) is 48.0 Å². The Kier molecular flexibility index (Phi) is 4.72. The van der Waals surface area contributed by atoms with Crippen molar-refractivity contribution in [1.29, 1.82) is 0 Å². The molecule has 3 aromatic carbocycles. The molecule has 0 aliphatic carbocycles. The first kappa shape index (κ1) is 17.0. The first-order valence-electron chi connectivity index (χ1n) is 7.68. The molecule has 1 N–H and O–H groups in total. The van der Waals surface area contributed by atoms with Gasteiger partial charge in [0, 0.05) is 5.56 Å². The van der Waals surface area contributed by atoms with Gasteiger partial charge in [-0.2, -0.15) is 13.5 Å². The normalized spacial score (nSPS) is 11.8. The number of hydrazone groups is 1. The maximum atomic E-state index is 12.3. The van der Waals surface area contributed by atoms with Crippen molar-refractivity contribution in [2.24, 2.45) is 5.10 Å². The van der Waals surface area contributed by atoms with Gasteiger partial charge < -0.3 is 4.74 Å². The van der Waals surface area contributed by atoms with E-state index in [1.165, 1.54) is 6.21 Å². The zero-order valence-electron chi connectivity index (χ0n) is 13.9. The van der Waals surface area contributed by atoms with Gasteiger partial charge in [0.25, 0.3) is 10.0 Å². The molecule has 0 unspecified atom stereocenters. The number of hydrogen-bond acceptors (Lipinski definition) is 4. The molecule has 3 aromatic rings. The molecule has 0 bridgehead atoms. The third kappa shape index (κ3) is 3.64. The molecule has 5 nitrogen and oxygen atoms in total. The summed E-state index contributed by atoms with van der Waals surface area (Å²) in [5.74, 6) is 0.622. The van der Waals surface area contributed by atoms with Crippen LogP contribution in [-0.2, 0) is 10.0 Å². The fraction of sp³-hybridized carbons (Fsp3) is 0.105. The van der Waals surface area contributed by atoms with Gasteiger partial charge in [0.15, 0.2) is 0 Å². The van der Waals surface area contributed by atoms with E-state index < -0.39 is 10.0 Å². The number of methoxy groups -OCH3 is 1. The molecule has 0 radical (unpaired) electrons. The summed E-state index contributed by atoms with van der Waals surface area (Å²) in [6.45, 7) is 1.90. The highest BCUT2D eigenvalue weighted by molar-refractivity contribution is 7.89. The number of nitrogens with one attached hydrogen (secondary N) is 1. The van der Waals surface area contributed by atoms with Crippen LogP contribution in [0.5, 0.6) is 5.75 Å². The van der Waals surface area contributed by atoms with Crippen LogP contribution < -0.4 is 9.57 Å². The number of rotatable bonds is 5. The third-order valence-corrected chi connectivity index (χ3v) is 5.09. The standard InChI is InChI=1S/C19H18N2O3S/c1-14-7-10-16(11-8-14)25(22,23)21-20-13-18-17-6-4-3-5-15(17)9-12-19(18)24-2/h3-13,21H,1-2H3. The minimum absolute atomic E-state index is 0.167. The van der Waals surface area contributed by atoms with Crippen molar-refractivity contribution in [1.82, 2.24) is 4.83 Å². The Hall–Kier alpha value is -2.86. The second kappa shape index (κ2) is 6.94. The molecule has 0 heterocycles. The lowest BCUT2D eigenvalue weighted by atomic mass is 10.0. The second-order valence-corrected chi connectivity index (χ2v) is 7.23. The molecule has 3 rings (SSSR count). The van der Waals surface area contributed by atoms with Crippen LogP contribution in [0.4, 0.5) is 0 Å². The molecule has 0 atom stereocenters. The number of ether oxygens (including phenoxy) is 1. The molecule has 0 aliphatic heterocycles. The average molecular weight is 354 g/mol. The van der Waals surface area contributed by atoms with Crippen LogP contribution in [0.1, 0.15) is 11.1 Å². The van der Waals surface area contributed by atoms with Gasteiger partial charge in [0.2, 0.25) is 0 Å². The molecule has 0 fully saturated rings. The molecular weight excluding hydrogens is 336 g/mol. The Labute approximate surface area is 147 Å². The van der Waals surface area contributed by atoms with Crippen LogP contribution in [0.2, 0.25) is 0 Å². The Bertz CT molecular complexity index is 1030. The Morgan fingerprint density at radius 3 is 2.44 bits per heavy atom. The quantitative estimate of drug-likeness (QED) is 0.563. The third-order valence-electron chi connectivity index (χ3n) is 3.85. The van der Waals surface area contributed by atoms with Crippen molar-refractivity contribution in [3.05, 3.63) is 71.8 Å². The summed E-state index contributed by atoms with van der Waals surface area (Å²) in [6, 6.07) is 18.1. The summed E-state index contributed by atoms with van der Waals surface area (Å²) in [5, 5.41) is 5.88. The van der Waals surface area contributed by atoms with E-state index in [4.69, 9.17) is 4.74 Å². The van der Waals surface area contributed by atoms with E-state index >= 15 is 0 Å². The first-order valence-corrected chi connectivity index (χ1v) is 9.17. The van der Waals surface area contributed by atoms with Crippen LogP contribution in [-0.4, -0.2) is 21.7 Å². The lowest BCUT2D eigenvalue weighted by Gasteiger charge is -2.08. The van der Waals surface area contributed by atoms with Gasteiger partial charge in [0.1, 0.15) is 5.75 Å². The highest BCUT2D eigenvalue weighted by Gasteiger charge is 2.12. The predicted molar refractivity (Wildman–Crippen MR) is 99.6 cm³/mol. The maximum absolute atomic E-state index is 12.3. The topological polar surface area (TPSA) is 67.8 Å². The van der Waals surface area contributed by atoms with Crippen LogP contribution in [0.25, 0.3) is 10.8 Å². The minimum atomic E-state index is -3.71. The number of fused-ring (bicyclic) bond motifs is 1. The van der Waals surface area contributed by atoms with Crippen molar-refractivity contribution in [3.8, 4) is 5.75 Å². The predicted octanol–water partition coefficient (Wildman–Crippen LogP) is 3.47. The highest BCUT2D eigenvalue weighted by atomic mass is 32.2. The maximum Gasteiger partial charge on any atom is 0.276 e. The molecule has 0 spiro atoms. The van der Waals surface area contributed by atoms with Gasteiger partial charge >= 0.3 is 0 Å². The largest absolute Gasteiger partial charge is 0.496 e. The molecule has 25 heavy (non-hydrogen) atoms. The lowest BCUT2D eigenvalue weighted by molar-refractivity contribution is 0.415. The van der Waals surface area contributed by atoms with E-state index in [2.05, 4.69) is 9.93 Å². The van der Waals surface area contributed by atoms with Crippen molar-refractivity contribution in [2.75, 3.05) is 7.11 Å². The zero-order valence-corrected chi connectivity index (χ0v) is 14.7. The highest BCUT2D eigenvalue weighted by Crippen LogP contribution is 2.26. The summed E-state index contributed by atoms with van der Waals surface area (Å²) >= 11 is 0. The second-order valence-electron chi connectivity index (χ2n) is 5.57. The molecule has 0 saturated carbocycles. The Morgan fingerprint density at radius 1 is 1.00 bits per heavy atom. The monoisotopic (exact) mass is 354 g/mol. The van der Waals surface area contributed by atoms with Crippen molar-refractivity contribution in [3.63, 3.8) is 0 Å². The lowest BCUT2D eigenvalue weighted by Crippen LogP contribution is -2.18. The van der Waals surface area contributed by atoms with E-state index in [0.29, 0.717) is 11.3 Å². The van der Waals surface area contributed by atoms with Crippen LogP contribution in [0.3, 0.4) is 0 Å². The molecular formula is C19H18N2O3S. The number of aryl methyl sites for hydroxylation is 1. The molecule has 128 valence electrons. The fourth-order valence-electron chi connectivity index (χ4n) is 2.52. The van der Waals surface area contributed by atoms with E-state index in [9.17, 15) is 8.42 Å². The van der Waals surface area contributed by atoms with Crippen LogP contribution in [0.15, 0.2) is 70.7 Å². The zero-order chi connectivity index (χ0) is 17.9. The molecule has 6 heteroatoms.